The lowest BCUT2D eigenvalue weighted by molar-refractivity contribution is 0.305. The highest BCUT2D eigenvalue weighted by Crippen LogP contribution is 2.37. The SMILES string of the molecule is Nc1ccc(-c2noc(C3COc4ccccc43)n2)cc1. The summed E-state index contributed by atoms with van der Waals surface area (Å²) in [5.74, 6) is 2.02. The first-order valence-corrected chi connectivity index (χ1v) is 6.72. The Balaban J connectivity index is 1.68. The molecule has 104 valence electrons. The van der Waals surface area contributed by atoms with Crippen LogP contribution in [0.1, 0.15) is 17.4 Å². The van der Waals surface area contributed by atoms with Gasteiger partial charge in [0.2, 0.25) is 11.7 Å². The average molecular weight is 279 g/mol. The Hall–Kier alpha value is -2.82. The first kappa shape index (κ1) is 12.0. The molecule has 21 heavy (non-hydrogen) atoms. The maximum absolute atomic E-state index is 5.68. The van der Waals surface area contributed by atoms with E-state index in [4.69, 9.17) is 15.0 Å². The molecule has 3 aromatic rings. The van der Waals surface area contributed by atoms with Crippen LogP contribution >= 0.6 is 0 Å². The minimum Gasteiger partial charge on any atom is -0.492 e. The number of hydrogen-bond acceptors (Lipinski definition) is 5. The summed E-state index contributed by atoms with van der Waals surface area (Å²) in [6.07, 6.45) is 0. The monoisotopic (exact) mass is 279 g/mol. The molecular weight excluding hydrogens is 266 g/mol. The Labute approximate surface area is 121 Å². The third kappa shape index (κ3) is 2.03. The molecule has 2 heterocycles. The highest BCUT2D eigenvalue weighted by atomic mass is 16.5. The van der Waals surface area contributed by atoms with E-state index in [1.807, 2.05) is 48.5 Å². The van der Waals surface area contributed by atoms with Crippen LogP contribution in [0.2, 0.25) is 0 Å². The van der Waals surface area contributed by atoms with E-state index in [2.05, 4.69) is 10.1 Å². The number of ether oxygens (including phenoxy) is 1. The summed E-state index contributed by atoms with van der Waals surface area (Å²) in [7, 11) is 0. The van der Waals surface area contributed by atoms with Crippen LogP contribution in [-0.4, -0.2) is 16.7 Å². The molecule has 0 amide bonds. The van der Waals surface area contributed by atoms with Gasteiger partial charge in [-0.3, -0.25) is 0 Å². The third-order valence-corrected chi connectivity index (χ3v) is 3.61. The molecule has 1 aliphatic rings. The first-order valence-electron chi connectivity index (χ1n) is 6.72. The molecule has 1 atom stereocenters. The van der Waals surface area contributed by atoms with Crippen LogP contribution in [0, 0.1) is 0 Å². The summed E-state index contributed by atoms with van der Waals surface area (Å²) in [4.78, 5) is 4.49. The largest absolute Gasteiger partial charge is 0.492 e. The van der Waals surface area contributed by atoms with Gasteiger partial charge in [0.25, 0.3) is 0 Å². The van der Waals surface area contributed by atoms with Gasteiger partial charge in [-0.2, -0.15) is 4.98 Å². The van der Waals surface area contributed by atoms with E-state index >= 15 is 0 Å². The van der Waals surface area contributed by atoms with Crippen molar-refractivity contribution >= 4 is 5.69 Å². The van der Waals surface area contributed by atoms with Crippen molar-refractivity contribution in [2.24, 2.45) is 0 Å². The molecule has 1 aliphatic heterocycles. The van der Waals surface area contributed by atoms with Crippen molar-refractivity contribution in [1.82, 2.24) is 10.1 Å². The Morgan fingerprint density at radius 3 is 2.71 bits per heavy atom. The lowest BCUT2D eigenvalue weighted by atomic mass is 10.0. The molecule has 0 bridgehead atoms. The normalized spacial score (nSPS) is 16.5. The second-order valence-electron chi connectivity index (χ2n) is 4.98. The van der Waals surface area contributed by atoms with Gasteiger partial charge in [0, 0.05) is 16.8 Å². The molecule has 1 aromatic heterocycles. The first-order chi connectivity index (χ1) is 10.3. The van der Waals surface area contributed by atoms with Crippen LogP contribution < -0.4 is 10.5 Å². The van der Waals surface area contributed by atoms with Crippen molar-refractivity contribution in [3.05, 3.63) is 60.0 Å². The van der Waals surface area contributed by atoms with Crippen molar-refractivity contribution in [2.45, 2.75) is 5.92 Å². The standard InChI is InChI=1S/C16H13N3O2/c17-11-7-5-10(6-8-11)15-18-16(21-19-15)13-9-20-14-4-2-1-3-12(13)14/h1-8,13H,9,17H2. The molecule has 5 nitrogen and oxygen atoms in total. The van der Waals surface area contributed by atoms with Crippen LogP contribution in [0.4, 0.5) is 5.69 Å². The number of aromatic nitrogens is 2. The Morgan fingerprint density at radius 2 is 1.86 bits per heavy atom. The summed E-state index contributed by atoms with van der Waals surface area (Å²) < 4.78 is 11.1. The zero-order valence-electron chi connectivity index (χ0n) is 11.2. The van der Waals surface area contributed by atoms with Crippen molar-refractivity contribution in [1.29, 1.82) is 0 Å². The highest BCUT2D eigenvalue weighted by molar-refractivity contribution is 5.58. The molecule has 0 aliphatic carbocycles. The predicted octanol–water partition coefficient (Wildman–Crippen LogP) is 2.84. The van der Waals surface area contributed by atoms with Crippen LogP contribution in [0.25, 0.3) is 11.4 Å². The Morgan fingerprint density at radius 1 is 1.05 bits per heavy atom. The van der Waals surface area contributed by atoms with Crippen LogP contribution in [0.3, 0.4) is 0 Å². The number of hydrogen-bond donors (Lipinski definition) is 1. The van der Waals surface area contributed by atoms with Gasteiger partial charge in [-0.05, 0) is 30.3 Å². The number of nitrogens with zero attached hydrogens (tertiary/aromatic N) is 2. The Kier molecular flexibility index (Phi) is 2.64. The van der Waals surface area contributed by atoms with Crippen molar-refractivity contribution in [3.63, 3.8) is 0 Å². The van der Waals surface area contributed by atoms with Crippen LogP contribution in [-0.2, 0) is 0 Å². The second-order valence-corrected chi connectivity index (χ2v) is 4.98. The maximum atomic E-state index is 5.68. The number of anilines is 1. The molecule has 0 saturated carbocycles. The topological polar surface area (TPSA) is 74.2 Å². The smallest absolute Gasteiger partial charge is 0.238 e. The lowest BCUT2D eigenvalue weighted by Crippen LogP contribution is -2.02. The number of nitrogen functional groups attached to an aromatic ring is 1. The zero-order valence-corrected chi connectivity index (χ0v) is 11.2. The number of benzene rings is 2. The summed E-state index contributed by atoms with van der Waals surface area (Å²) in [6, 6.07) is 15.3. The fourth-order valence-corrected chi connectivity index (χ4v) is 2.49. The molecule has 0 radical (unpaired) electrons. The summed E-state index contributed by atoms with van der Waals surface area (Å²) in [5.41, 5.74) is 8.36. The number of para-hydroxylation sites is 1. The van der Waals surface area contributed by atoms with Crippen molar-refractivity contribution < 1.29 is 9.26 Å². The fourth-order valence-electron chi connectivity index (χ4n) is 2.49. The van der Waals surface area contributed by atoms with Crippen molar-refractivity contribution in [3.8, 4) is 17.1 Å². The minimum atomic E-state index is -0.00349. The number of nitrogens with two attached hydrogens (primary N) is 1. The second kappa shape index (κ2) is 4.63. The molecule has 0 saturated heterocycles. The van der Waals surface area contributed by atoms with E-state index in [-0.39, 0.29) is 5.92 Å². The van der Waals surface area contributed by atoms with E-state index in [9.17, 15) is 0 Å². The van der Waals surface area contributed by atoms with E-state index in [1.54, 1.807) is 0 Å². The summed E-state index contributed by atoms with van der Waals surface area (Å²) >= 11 is 0. The lowest BCUT2D eigenvalue weighted by Gasteiger charge is -2.01. The van der Waals surface area contributed by atoms with Gasteiger partial charge in [0.1, 0.15) is 18.3 Å². The molecule has 5 heteroatoms. The average Bonchev–Trinajstić information content (AvgIpc) is 3.14. The number of rotatable bonds is 2. The van der Waals surface area contributed by atoms with Gasteiger partial charge in [-0.15, -0.1) is 0 Å². The van der Waals surface area contributed by atoms with E-state index < -0.39 is 0 Å². The fraction of sp³-hybridized carbons (Fsp3) is 0.125. The van der Waals surface area contributed by atoms with Gasteiger partial charge >= 0.3 is 0 Å². The van der Waals surface area contributed by atoms with E-state index in [1.165, 1.54) is 0 Å². The maximum Gasteiger partial charge on any atom is 0.238 e. The van der Waals surface area contributed by atoms with E-state index in [0.29, 0.717) is 24.0 Å². The van der Waals surface area contributed by atoms with Crippen molar-refractivity contribution in [2.75, 3.05) is 12.3 Å². The minimum absolute atomic E-state index is 0.00349. The quantitative estimate of drug-likeness (QED) is 0.730. The summed E-state index contributed by atoms with van der Waals surface area (Å²) in [5, 5.41) is 4.05. The van der Waals surface area contributed by atoms with Gasteiger partial charge in [0.05, 0.1) is 0 Å². The van der Waals surface area contributed by atoms with Gasteiger partial charge in [0.15, 0.2) is 0 Å². The third-order valence-electron chi connectivity index (χ3n) is 3.61. The van der Waals surface area contributed by atoms with Crippen LogP contribution in [0.5, 0.6) is 5.75 Å². The molecule has 1 unspecified atom stereocenters. The molecule has 2 N–H and O–H groups in total. The molecular formula is C16H13N3O2. The van der Waals surface area contributed by atoms with Gasteiger partial charge in [-0.1, -0.05) is 23.4 Å². The van der Waals surface area contributed by atoms with Gasteiger partial charge in [-0.25, -0.2) is 0 Å². The van der Waals surface area contributed by atoms with Crippen LogP contribution in [0.15, 0.2) is 53.1 Å². The molecule has 4 rings (SSSR count). The Bertz CT molecular complexity index is 780. The zero-order chi connectivity index (χ0) is 14.2. The molecule has 0 spiro atoms. The van der Waals surface area contributed by atoms with E-state index in [0.717, 1.165) is 16.9 Å². The summed E-state index contributed by atoms with van der Waals surface area (Å²) in [6.45, 7) is 0.530. The number of fused-ring (bicyclic) bond motifs is 1. The molecule has 2 aromatic carbocycles. The highest BCUT2D eigenvalue weighted by Gasteiger charge is 2.30. The van der Waals surface area contributed by atoms with Gasteiger partial charge < -0.3 is 15.0 Å². The predicted molar refractivity (Wildman–Crippen MR) is 77.9 cm³/mol. The molecule has 0 fully saturated rings.